The number of amides is 1. The van der Waals surface area contributed by atoms with Crippen LogP contribution in [0.3, 0.4) is 0 Å². The maximum absolute atomic E-state index is 12.2. The number of rotatable bonds is 6. The van der Waals surface area contributed by atoms with Crippen molar-refractivity contribution < 1.29 is 4.79 Å². The van der Waals surface area contributed by atoms with Gasteiger partial charge in [0.05, 0.1) is 12.2 Å². The van der Waals surface area contributed by atoms with Crippen LogP contribution in [0.2, 0.25) is 0 Å². The summed E-state index contributed by atoms with van der Waals surface area (Å²) in [5, 5.41) is 3.50. The molecule has 2 fully saturated rings. The van der Waals surface area contributed by atoms with Crippen molar-refractivity contribution in [2.24, 2.45) is 5.92 Å². The van der Waals surface area contributed by atoms with E-state index in [1.807, 2.05) is 0 Å². The number of carbonyl (C=O) groups excluding carboxylic acids is 1. The van der Waals surface area contributed by atoms with Crippen LogP contribution in [0.1, 0.15) is 52.4 Å². The van der Waals surface area contributed by atoms with Gasteiger partial charge < -0.3 is 4.90 Å². The largest absolute Gasteiger partial charge is 0.326 e. The maximum Gasteiger partial charge on any atom is 0.241 e. The first-order valence-electron chi connectivity index (χ1n) is 6.82. The van der Waals surface area contributed by atoms with Crippen LogP contribution in [-0.4, -0.2) is 29.6 Å². The van der Waals surface area contributed by atoms with Gasteiger partial charge in [-0.25, -0.2) is 0 Å². The van der Waals surface area contributed by atoms with E-state index in [1.165, 1.54) is 12.8 Å². The Kier molecular flexibility index (Phi) is 3.85. The summed E-state index contributed by atoms with van der Waals surface area (Å²) in [6.07, 6.45) is 7.26. The standard InChI is InChI=1S/C13H24N2O/c1-3-5-11-13(16)15(9-10-7-8-10)12(14-11)6-4-2/h10-12,14H,3-9H2,1-2H3. The number of hydrogen-bond donors (Lipinski definition) is 1. The molecular formula is C13H24N2O. The first-order valence-corrected chi connectivity index (χ1v) is 6.82. The fourth-order valence-corrected chi connectivity index (χ4v) is 2.55. The Balaban J connectivity index is 1.95. The lowest BCUT2D eigenvalue weighted by molar-refractivity contribution is -0.130. The third-order valence-electron chi connectivity index (χ3n) is 3.64. The van der Waals surface area contributed by atoms with E-state index in [2.05, 4.69) is 24.1 Å². The van der Waals surface area contributed by atoms with Gasteiger partial charge >= 0.3 is 0 Å². The van der Waals surface area contributed by atoms with Crippen molar-refractivity contribution in [3.8, 4) is 0 Å². The third kappa shape index (κ3) is 2.57. The van der Waals surface area contributed by atoms with Gasteiger partial charge in [-0.3, -0.25) is 10.1 Å². The average Bonchev–Trinajstić information content (AvgIpc) is 3.02. The van der Waals surface area contributed by atoms with E-state index in [0.29, 0.717) is 12.1 Å². The van der Waals surface area contributed by atoms with E-state index in [9.17, 15) is 4.79 Å². The third-order valence-corrected chi connectivity index (χ3v) is 3.64. The molecule has 2 atom stereocenters. The number of carbonyl (C=O) groups is 1. The SMILES string of the molecule is CCCC1NC(CCC)N(CC2CC2)C1=O. The summed E-state index contributed by atoms with van der Waals surface area (Å²) in [6, 6.07) is 0.0975. The van der Waals surface area contributed by atoms with E-state index in [-0.39, 0.29) is 6.04 Å². The van der Waals surface area contributed by atoms with E-state index in [0.717, 1.165) is 38.1 Å². The lowest BCUT2D eigenvalue weighted by atomic mass is 10.1. The normalized spacial score (nSPS) is 30.1. The molecule has 1 heterocycles. The highest BCUT2D eigenvalue weighted by molar-refractivity contribution is 5.84. The second kappa shape index (κ2) is 5.17. The van der Waals surface area contributed by atoms with Crippen molar-refractivity contribution >= 4 is 5.91 Å². The van der Waals surface area contributed by atoms with Crippen molar-refractivity contribution in [2.75, 3.05) is 6.54 Å². The number of hydrogen-bond acceptors (Lipinski definition) is 2. The highest BCUT2D eigenvalue weighted by Crippen LogP contribution is 2.32. The van der Waals surface area contributed by atoms with Crippen LogP contribution in [0.4, 0.5) is 0 Å². The molecule has 92 valence electrons. The summed E-state index contributed by atoms with van der Waals surface area (Å²) in [4.78, 5) is 14.3. The van der Waals surface area contributed by atoms with Gasteiger partial charge in [-0.15, -0.1) is 0 Å². The Hall–Kier alpha value is -0.570. The van der Waals surface area contributed by atoms with E-state index < -0.39 is 0 Å². The fourth-order valence-electron chi connectivity index (χ4n) is 2.55. The van der Waals surface area contributed by atoms with Gasteiger partial charge in [0.25, 0.3) is 0 Å². The molecule has 3 nitrogen and oxygen atoms in total. The zero-order chi connectivity index (χ0) is 11.5. The minimum atomic E-state index is 0.0975. The van der Waals surface area contributed by atoms with E-state index in [4.69, 9.17) is 0 Å². The molecule has 16 heavy (non-hydrogen) atoms. The van der Waals surface area contributed by atoms with Crippen LogP contribution in [0.15, 0.2) is 0 Å². The molecule has 1 N–H and O–H groups in total. The van der Waals surface area contributed by atoms with Gasteiger partial charge in [0.1, 0.15) is 0 Å². The molecule has 3 heteroatoms. The average molecular weight is 224 g/mol. The van der Waals surface area contributed by atoms with Crippen LogP contribution >= 0.6 is 0 Å². The minimum Gasteiger partial charge on any atom is -0.326 e. The maximum atomic E-state index is 12.2. The Morgan fingerprint density at radius 3 is 2.50 bits per heavy atom. The van der Waals surface area contributed by atoms with Crippen LogP contribution in [0.25, 0.3) is 0 Å². The van der Waals surface area contributed by atoms with Crippen molar-refractivity contribution in [3.63, 3.8) is 0 Å². The zero-order valence-corrected chi connectivity index (χ0v) is 10.5. The lowest BCUT2D eigenvalue weighted by Crippen LogP contribution is -2.38. The van der Waals surface area contributed by atoms with Crippen LogP contribution in [0, 0.1) is 5.92 Å². The van der Waals surface area contributed by atoms with Crippen LogP contribution in [0.5, 0.6) is 0 Å². The summed E-state index contributed by atoms with van der Waals surface area (Å²) in [7, 11) is 0. The zero-order valence-electron chi connectivity index (χ0n) is 10.5. The molecule has 1 saturated carbocycles. The Morgan fingerprint density at radius 2 is 1.94 bits per heavy atom. The van der Waals surface area contributed by atoms with E-state index in [1.54, 1.807) is 0 Å². The predicted octanol–water partition coefficient (Wildman–Crippen LogP) is 2.12. The first-order chi connectivity index (χ1) is 7.76. The van der Waals surface area contributed by atoms with Crippen LogP contribution in [-0.2, 0) is 4.79 Å². The second-order valence-electron chi connectivity index (χ2n) is 5.25. The summed E-state index contributed by atoms with van der Waals surface area (Å²) in [5.41, 5.74) is 0. The van der Waals surface area contributed by atoms with Gasteiger partial charge in [-0.2, -0.15) is 0 Å². The molecule has 1 aliphatic carbocycles. The van der Waals surface area contributed by atoms with Gasteiger partial charge in [0.15, 0.2) is 0 Å². The molecule has 0 aromatic rings. The smallest absolute Gasteiger partial charge is 0.241 e. The Labute approximate surface area is 98.6 Å². The topological polar surface area (TPSA) is 32.3 Å². The van der Waals surface area contributed by atoms with Gasteiger partial charge in [-0.05, 0) is 31.6 Å². The molecular weight excluding hydrogens is 200 g/mol. The number of nitrogens with zero attached hydrogens (tertiary/aromatic N) is 1. The van der Waals surface area contributed by atoms with Gasteiger partial charge in [0.2, 0.25) is 5.91 Å². The predicted molar refractivity (Wildman–Crippen MR) is 65.0 cm³/mol. The fraction of sp³-hybridized carbons (Fsp3) is 0.923. The molecule has 0 bridgehead atoms. The summed E-state index contributed by atoms with van der Waals surface area (Å²) in [6.45, 7) is 5.33. The molecule has 2 rings (SSSR count). The molecule has 0 spiro atoms. The molecule has 0 aromatic carbocycles. The highest BCUT2D eigenvalue weighted by Gasteiger charge is 2.39. The summed E-state index contributed by atoms with van der Waals surface area (Å²) < 4.78 is 0. The summed E-state index contributed by atoms with van der Waals surface area (Å²) >= 11 is 0. The molecule has 1 amide bonds. The van der Waals surface area contributed by atoms with Crippen molar-refractivity contribution in [3.05, 3.63) is 0 Å². The van der Waals surface area contributed by atoms with Gasteiger partial charge in [-0.1, -0.05) is 26.7 Å². The molecule has 0 aromatic heterocycles. The van der Waals surface area contributed by atoms with Crippen molar-refractivity contribution in [1.29, 1.82) is 0 Å². The molecule has 1 saturated heterocycles. The lowest BCUT2D eigenvalue weighted by Gasteiger charge is -2.23. The molecule has 1 aliphatic heterocycles. The van der Waals surface area contributed by atoms with Crippen molar-refractivity contribution in [2.45, 2.75) is 64.6 Å². The van der Waals surface area contributed by atoms with Crippen LogP contribution < -0.4 is 5.32 Å². The second-order valence-corrected chi connectivity index (χ2v) is 5.25. The quantitative estimate of drug-likeness (QED) is 0.749. The summed E-state index contributed by atoms with van der Waals surface area (Å²) in [5.74, 6) is 1.15. The Bertz CT molecular complexity index is 250. The molecule has 0 radical (unpaired) electrons. The molecule has 2 unspecified atom stereocenters. The first kappa shape index (κ1) is 11.9. The number of nitrogens with one attached hydrogen (secondary N) is 1. The van der Waals surface area contributed by atoms with Gasteiger partial charge in [0, 0.05) is 6.54 Å². The minimum absolute atomic E-state index is 0.0975. The monoisotopic (exact) mass is 224 g/mol. The Morgan fingerprint density at radius 1 is 1.25 bits per heavy atom. The molecule has 2 aliphatic rings. The highest BCUT2D eigenvalue weighted by atomic mass is 16.2. The van der Waals surface area contributed by atoms with E-state index >= 15 is 0 Å². The van der Waals surface area contributed by atoms with Crippen molar-refractivity contribution in [1.82, 2.24) is 10.2 Å².